The molecule has 0 saturated heterocycles. The van der Waals surface area contributed by atoms with Gasteiger partial charge in [0.15, 0.2) is 0 Å². The minimum absolute atomic E-state index is 0.114. The standard InChI is InChI=1S/C25H22N2O5S2/c1-17-7-8-18(2)24(13-17)34(29,30)32-21-11-9-19(10-12-21)25(28)27-22-5-3-4-6-23(22)31-14-20-15-33-16-26-20/h3-13,15-16H,14H2,1-2H3,(H,27,28). The number of amides is 1. The molecule has 34 heavy (non-hydrogen) atoms. The maximum absolute atomic E-state index is 12.8. The van der Waals surface area contributed by atoms with Crippen LogP contribution in [-0.2, 0) is 16.7 Å². The van der Waals surface area contributed by atoms with Crippen molar-refractivity contribution < 1.29 is 22.1 Å². The van der Waals surface area contributed by atoms with Crippen LogP contribution in [0, 0.1) is 13.8 Å². The monoisotopic (exact) mass is 494 g/mol. The maximum atomic E-state index is 12.8. The van der Waals surface area contributed by atoms with Crippen molar-refractivity contribution in [2.45, 2.75) is 25.3 Å². The summed E-state index contributed by atoms with van der Waals surface area (Å²) in [5.74, 6) is 0.265. The Morgan fingerprint density at radius 1 is 1.03 bits per heavy atom. The molecule has 174 valence electrons. The number of aromatic nitrogens is 1. The number of carbonyl (C=O) groups is 1. The lowest BCUT2D eigenvalue weighted by Gasteiger charge is -2.12. The second kappa shape index (κ2) is 10.1. The Kier molecular flexibility index (Phi) is 6.95. The molecule has 1 amide bonds. The van der Waals surface area contributed by atoms with Crippen LogP contribution in [0.1, 0.15) is 27.2 Å². The molecule has 4 aromatic rings. The van der Waals surface area contributed by atoms with Gasteiger partial charge in [-0.3, -0.25) is 4.79 Å². The van der Waals surface area contributed by atoms with Crippen molar-refractivity contribution in [3.63, 3.8) is 0 Å². The van der Waals surface area contributed by atoms with Crippen LogP contribution in [0.25, 0.3) is 0 Å². The van der Waals surface area contributed by atoms with E-state index in [-0.39, 0.29) is 23.2 Å². The molecule has 1 heterocycles. The fourth-order valence-corrected chi connectivity index (χ4v) is 4.95. The van der Waals surface area contributed by atoms with E-state index >= 15 is 0 Å². The quantitative estimate of drug-likeness (QED) is 0.332. The van der Waals surface area contributed by atoms with Crippen LogP contribution in [0.3, 0.4) is 0 Å². The van der Waals surface area contributed by atoms with Crippen molar-refractivity contribution in [3.8, 4) is 11.5 Å². The molecule has 1 N–H and O–H groups in total. The third-order valence-corrected chi connectivity index (χ3v) is 6.96. The van der Waals surface area contributed by atoms with Crippen molar-refractivity contribution in [2.24, 2.45) is 0 Å². The number of hydrogen-bond donors (Lipinski definition) is 1. The lowest BCUT2D eigenvalue weighted by Crippen LogP contribution is -2.14. The number of anilines is 1. The highest BCUT2D eigenvalue weighted by Crippen LogP contribution is 2.26. The number of para-hydroxylation sites is 2. The van der Waals surface area contributed by atoms with Crippen molar-refractivity contribution in [2.75, 3.05) is 5.32 Å². The number of ether oxygens (including phenoxy) is 1. The van der Waals surface area contributed by atoms with Crippen LogP contribution in [-0.4, -0.2) is 19.3 Å². The molecule has 0 unspecified atom stereocenters. The molecule has 0 saturated carbocycles. The zero-order chi connectivity index (χ0) is 24.1. The third-order valence-electron chi connectivity index (χ3n) is 4.93. The molecular formula is C25H22N2O5S2. The molecule has 3 aromatic carbocycles. The Morgan fingerprint density at radius 3 is 2.53 bits per heavy atom. The number of hydrogen-bond acceptors (Lipinski definition) is 7. The van der Waals surface area contributed by atoms with Gasteiger partial charge in [-0.2, -0.15) is 8.42 Å². The smallest absolute Gasteiger partial charge is 0.339 e. The molecular weight excluding hydrogens is 472 g/mol. The normalized spacial score (nSPS) is 11.1. The zero-order valence-electron chi connectivity index (χ0n) is 18.5. The van der Waals surface area contributed by atoms with Gasteiger partial charge in [0.05, 0.1) is 16.9 Å². The highest BCUT2D eigenvalue weighted by atomic mass is 32.2. The van der Waals surface area contributed by atoms with E-state index < -0.39 is 10.1 Å². The van der Waals surface area contributed by atoms with E-state index in [1.54, 1.807) is 42.8 Å². The Labute approximate surface area is 202 Å². The van der Waals surface area contributed by atoms with E-state index in [2.05, 4.69) is 10.3 Å². The summed E-state index contributed by atoms with van der Waals surface area (Å²) in [6.45, 7) is 3.81. The number of nitrogens with zero attached hydrogens (tertiary/aromatic N) is 1. The molecule has 4 rings (SSSR count). The first-order valence-electron chi connectivity index (χ1n) is 10.3. The van der Waals surface area contributed by atoms with Crippen LogP contribution in [0.15, 0.2) is 82.5 Å². The number of nitrogens with one attached hydrogen (secondary N) is 1. The van der Waals surface area contributed by atoms with Gasteiger partial charge >= 0.3 is 10.1 Å². The molecule has 0 aliphatic carbocycles. The number of thiazole rings is 1. The minimum atomic E-state index is -4.00. The number of aryl methyl sites for hydroxylation is 2. The Bertz CT molecular complexity index is 1400. The van der Waals surface area contributed by atoms with E-state index in [0.29, 0.717) is 22.6 Å². The zero-order valence-corrected chi connectivity index (χ0v) is 20.2. The molecule has 0 aliphatic rings. The fourth-order valence-electron chi connectivity index (χ4n) is 3.16. The number of carbonyl (C=O) groups excluding carboxylic acids is 1. The maximum Gasteiger partial charge on any atom is 0.339 e. The van der Waals surface area contributed by atoms with E-state index in [0.717, 1.165) is 11.3 Å². The summed E-state index contributed by atoms with van der Waals surface area (Å²) in [6.07, 6.45) is 0. The van der Waals surface area contributed by atoms with Gasteiger partial charge in [-0.15, -0.1) is 11.3 Å². The van der Waals surface area contributed by atoms with Gasteiger partial charge in [0.25, 0.3) is 5.91 Å². The molecule has 0 bridgehead atoms. The minimum Gasteiger partial charge on any atom is -0.485 e. The molecule has 1 aromatic heterocycles. The lowest BCUT2D eigenvalue weighted by atomic mass is 10.2. The predicted molar refractivity (Wildman–Crippen MR) is 131 cm³/mol. The second-order valence-corrected chi connectivity index (χ2v) is 9.78. The van der Waals surface area contributed by atoms with Gasteiger partial charge in [0, 0.05) is 10.9 Å². The van der Waals surface area contributed by atoms with E-state index in [1.807, 2.05) is 24.4 Å². The van der Waals surface area contributed by atoms with Crippen LogP contribution in [0.5, 0.6) is 11.5 Å². The lowest BCUT2D eigenvalue weighted by molar-refractivity contribution is 0.102. The molecule has 0 fully saturated rings. The van der Waals surface area contributed by atoms with Crippen molar-refractivity contribution in [3.05, 3.63) is 100 Å². The summed E-state index contributed by atoms with van der Waals surface area (Å²) >= 11 is 1.48. The first-order valence-corrected chi connectivity index (χ1v) is 12.7. The molecule has 7 nitrogen and oxygen atoms in total. The van der Waals surface area contributed by atoms with Crippen LogP contribution in [0.2, 0.25) is 0 Å². The molecule has 0 aliphatic heterocycles. The fraction of sp³-hybridized carbons (Fsp3) is 0.120. The van der Waals surface area contributed by atoms with E-state index in [4.69, 9.17) is 8.92 Å². The summed E-state index contributed by atoms with van der Waals surface area (Å²) in [4.78, 5) is 17.1. The summed E-state index contributed by atoms with van der Waals surface area (Å²) in [6, 6.07) is 18.1. The summed E-state index contributed by atoms with van der Waals surface area (Å²) in [5, 5.41) is 4.72. The Hall–Kier alpha value is -3.69. The van der Waals surface area contributed by atoms with Crippen molar-refractivity contribution >= 4 is 33.0 Å². The first kappa shape index (κ1) is 23.5. The highest BCUT2D eigenvalue weighted by molar-refractivity contribution is 7.87. The van der Waals surface area contributed by atoms with Gasteiger partial charge in [-0.05, 0) is 67.4 Å². The largest absolute Gasteiger partial charge is 0.485 e. The van der Waals surface area contributed by atoms with E-state index in [1.165, 1.54) is 35.6 Å². The van der Waals surface area contributed by atoms with Crippen LogP contribution >= 0.6 is 11.3 Å². The Balaban J connectivity index is 1.44. The van der Waals surface area contributed by atoms with Crippen molar-refractivity contribution in [1.29, 1.82) is 0 Å². The average Bonchev–Trinajstić information content (AvgIpc) is 3.34. The summed E-state index contributed by atoms with van der Waals surface area (Å²) in [7, 11) is -4.00. The van der Waals surface area contributed by atoms with Crippen LogP contribution < -0.4 is 14.2 Å². The van der Waals surface area contributed by atoms with Gasteiger partial charge < -0.3 is 14.2 Å². The second-order valence-electron chi connectivity index (χ2n) is 7.55. The van der Waals surface area contributed by atoms with Gasteiger partial charge in [-0.25, -0.2) is 4.98 Å². The number of rotatable bonds is 8. The van der Waals surface area contributed by atoms with Gasteiger partial charge in [-0.1, -0.05) is 24.3 Å². The average molecular weight is 495 g/mol. The SMILES string of the molecule is Cc1ccc(C)c(S(=O)(=O)Oc2ccc(C(=O)Nc3ccccc3OCc3cscn3)cc2)c1. The molecule has 0 spiro atoms. The molecule has 0 atom stereocenters. The topological polar surface area (TPSA) is 94.6 Å². The summed E-state index contributed by atoms with van der Waals surface area (Å²) < 4.78 is 36.5. The Morgan fingerprint density at radius 2 is 1.79 bits per heavy atom. The molecule has 0 radical (unpaired) electrons. The predicted octanol–water partition coefficient (Wildman–Crippen LogP) is 5.36. The van der Waals surface area contributed by atoms with Gasteiger partial charge in [0.1, 0.15) is 23.0 Å². The summed E-state index contributed by atoms with van der Waals surface area (Å²) in [5.41, 5.74) is 4.80. The van der Waals surface area contributed by atoms with Crippen molar-refractivity contribution in [1.82, 2.24) is 4.98 Å². The third kappa shape index (κ3) is 5.62. The number of benzene rings is 3. The van der Waals surface area contributed by atoms with E-state index in [9.17, 15) is 13.2 Å². The highest BCUT2D eigenvalue weighted by Gasteiger charge is 2.20. The van der Waals surface area contributed by atoms with Gasteiger partial charge in [0.2, 0.25) is 0 Å². The first-order chi connectivity index (χ1) is 16.3. The molecule has 9 heteroatoms. The van der Waals surface area contributed by atoms with Crippen LogP contribution in [0.4, 0.5) is 5.69 Å².